The third-order valence-corrected chi connectivity index (χ3v) is 6.13. The highest BCUT2D eigenvalue weighted by Gasteiger charge is 2.23. The number of benzene rings is 2. The first-order valence-electron chi connectivity index (χ1n) is 10.0. The van der Waals surface area contributed by atoms with Crippen LogP contribution in [0.3, 0.4) is 0 Å². The van der Waals surface area contributed by atoms with Gasteiger partial charge in [0.2, 0.25) is 0 Å². The summed E-state index contributed by atoms with van der Waals surface area (Å²) < 4.78 is 3.63. The number of aromatic nitrogens is 4. The van der Waals surface area contributed by atoms with Crippen LogP contribution < -0.4 is 11.0 Å². The number of nitrogens with one attached hydrogen (secondary N) is 2. The average molecular weight is 444 g/mol. The van der Waals surface area contributed by atoms with E-state index < -0.39 is 0 Å². The largest absolute Gasteiger partial charge is 0.330 e. The molecule has 0 fully saturated rings. The fraction of sp³-hybridized carbons (Fsp3) is 0.130. The van der Waals surface area contributed by atoms with Gasteiger partial charge in [0.1, 0.15) is 17.2 Å². The molecule has 2 N–H and O–H groups in total. The Bertz CT molecular complexity index is 1360. The predicted octanol–water partition coefficient (Wildman–Crippen LogP) is 4.28. The third kappa shape index (κ3) is 3.67. The molecule has 3 heterocycles. The second-order valence-corrected chi connectivity index (χ2v) is 8.24. The van der Waals surface area contributed by atoms with Crippen LogP contribution in [-0.2, 0) is 13.1 Å². The van der Waals surface area contributed by atoms with Crippen molar-refractivity contribution in [3.63, 3.8) is 0 Å². The number of nitrogens with zero attached hydrogens (tertiary/aromatic N) is 5. The zero-order chi connectivity index (χ0) is 22.1. The molecule has 0 aliphatic carbocycles. The Kier molecular flexibility index (Phi) is 5.24. The van der Waals surface area contributed by atoms with E-state index in [1.807, 2.05) is 28.8 Å². The standard InChI is InChI=1S/C23H21N7OS/c1-24-17-7-3-16(4-8-17)12-30-22-20(28-23(30)31)19-21(25-13-26-22)29(14-27-19)11-15-5-9-18(32-2)10-6-15/h3-10,13-14H,1,11-12H2,2H3,(H,25,26)(H,28,31). The van der Waals surface area contributed by atoms with Gasteiger partial charge >= 0.3 is 5.69 Å². The fourth-order valence-electron chi connectivity index (χ4n) is 3.72. The molecule has 9 heteroatoms. The molecule has 2 aromatic heterocycles. The van der Waals surface area contributed by atoms with Gasteiger partial charge in [-0.15, -0.1) is 11.8 Å². The highest BCUT2D eigenvalue weighted by molar-refractivity contribution is 7.98. The van der Waals surface area contributed by atoms with Gasteiger partial charge in [-0.25, -0.2) is 14.8 Å². The maximum atomic E-state index is 12.8. The average Bonchev–Trinajstić information content (AvgIpc) is 3.29. The molecule has 2 aromatic carbocycles. The molecule has 0 atom stereocenters. The van der Waals surface area contributed by atoms with Crippen LogP contribution >= 0.6 is 11.8 Å². The van der Waals surface area contributed by atoms with Gasteiger partial charge in [0.05, 0.1) is 31.4 Å². The minimum atomic E-state index is -0.211. The van der Waals surface area contributed by atoms with Crippen LogP contribution in [0.1, 0.15) is 11.1 Å². The summed E-state index contributed by atoms with van der Waals surface area (Å²) in [7, 11) is 0. The van der Waals surface area contributed by atoms with Crippen molar-refractivity contribution in [1.29, 1.82) is 0 Å². The summed E-state index contributed by atoms with van der Waals surface area (Å²) in [5.41, 5.74) is 3.98. The zero-order valence-electron chi connectivity index (χ0n) is 17.4. The number of aliphatic imine (C=N–C) groups is 2. The van der Waals surface area contributed by atoms with Crippen molar-refractivity contribution in [3.8, 4) is 11.4 Å². The maximum absolute atomic E-state index is 12.8. The second kappa shape index (κ2) is 8.35. The summed E-state index contributed by atoms with van der Waals surface area (Å²) in [6.07, 6.45) is 5.43. The summed E-state index contributed by atoms with van der Waals surface area (Å²) in [6, 6.07) is 16.0. The molecule has 5 rings (SSSR count). The number of thioether (sulfide) groups is 1. The van der Waals surface area contributed by atoms with E-state index in [1.165, 1.54) is 4.90 Å². The van der Waals surface area contributed by atoms with E-state index in [0.29, 0.717) is 36.1 Å². The second-order valence-electron chi connectivity index (χ2n) is 7.36. The lowest BCUT2D eigenvalue weighted by molar-refractivity contribution is 0.771. The highest BCUT2D eigenvalue weighted by atomic mass is 32.2. The van der Waals surface area contributed by atoms with Gasteiger partial charge in [-0.2, -0.15) is 0 Å². The molecule has 1 aliphatic rings. The summed E-state index contributed by atoms with van der Waals surface area (Å²) in [5, 5.41) is 3.15. The summed E-state index contributed by atoms with van der Waals surface area (Å²) in [4.78, 5) is 30.0. The monoisotopic (exact) mass is 443 g/mol. The Morgan fingerprint density at radius 2 is 1.78 bits per heavy atom. The SMILES string of the molecule is C=Nc1ccc(Cn2c3c([nH]c2=O)-c2ncn(Cc4ccc(SC)cc4)c2N=CN3)cc1. The molecule has 0 spiro atoms. The number of aromatic amines is 1. The molecule has 0 bridgehead atoms. The molecular weight excluding hydrogens is 422 g/mol. The number of hydrogen-bond donors (Lipinski definition) is 2. The van der Waals surface area contributed by atoms with Gasteiger partial charge in [0, 0.05) is 4.90 Å². The number of H-pyrrole nitrogens is 1. The van der Waals surface area contributed by atoms with Crippen molar-refractivity contribution in [2.24, 2.45) is 9.98 Å². The lowest BCUT2D eigenvalue weighted by Crippen LogP contribution is -2.19. The van der Waals surface area contributed by atoms with Crippen LogP contribution in [0.2, 0.25) is 0 Å². The first-order chi connectivity index (χ1) is 15.7. The Hall–Kier alpha value is -3.85. The van der Waals surface area contributed by atoms with E-state index >= 15 is 0 Å². The van der Waals surface area contributed by atoms with Crippen molar-refractivity contribution < 1.29 is 0 Å². The molecule has 0 saturated heterocycles. The number of anilines is 1. The number of fused-ring (bicyclic) bond motifs is 3. The van der Waals surface area contributed by atoms with Crippen molar-refractivity contribution in [2.45, 2.75) is 18.0 Å². The van der Waals surface area contributed by atoms with E-state index in [2.05, 4.69) is 62.5 Å². The van der Waals surface area contributed by atoms with Crippen LogP contribution in [0.5, 0.6) is 0 Å². The molecule has 160 valence electrons. The first kappa shape index (κ1) is 20.1. The summed E-state index contributed by atoms with van der Waals surface area (Å²) in [6.45, 7) is 4.57. The van der Waals surface area contributed by atoms with Crippen molar-refractivity contribution >= 4 is 42.1 Å². The zero-order valence-corrected chi connectivity index (χ0v) is 18.3. The van der Waals surface area contributed by atoms with Crippen LogP contribution in [0.15, 0.2) is 74.5 Å². The Morgan fingerprint density at radius 3 is 2.50 bits per heavy atom. The summed E-state index contributed by atoms with van der Waals surface area (Å²) in [5.74, 6) is 1.33. The lowest BCUT2D eigenvalue weighted by atomic mass is 10.2. The van der Waals surface area contributed by atoms with E-state index in [4.69, 9.17) is 0 Å². The minimum Gasteiger partial charge on any atom is -0.330 e. The normalized spacial score (nSPS) is 12.0. The van der Waals surface area contributed by atoms with Gasteiger partial charge in [-0.3, -0.25) is 9.56 Å². The maximum Gasteiger partial charge on any atom is 0.327 e. The quantitative estimate of drug-likeness (QED) is 0.344. The molecule has 1 aliphatic heterocycles. The molecule has 4 aromatic rings. The van der Waals surface area contributed by atoms with Crippen LogP contribution in [0.25, 0.3) is 11.4 Å². The number of hydrogen-bond acceptors (Lipinski definition) is 6. The summed E-state index contributed by atoms with van der Waals surface area (Å²) >= 11 is 1.71. The number of rotatable bonds is 6. The lowest BCUT2D eigenvalue weighted by Gasteiger charge is -2.07. The van der Waals surface area contributed by atoms with Gasteiger partial charge in [-0.1, -0.05) is 24.3 Å². The van der Waals surface area contributed by atoms with Gasteiger partial charge in [-0.05, 0) is 48.4 Å². The molecule has 0 saturated carbocycles. The molecule has 32 heavy (non-hydrogen) atoms. The van der Waals surface area contributed by atoms with E-state index in [1.54, 1.807) is 29.0 Å². The molecule has 0 amide bonds. The Balaban J connectivity index is 1.48. The van der Waals surface area contributed by atoms with Crippen molar-refractivity contribution in [3.05, 3.63) is 76.5 Å². The predicted molar refractivity (Wildman–Crippen MR) is 130 cm³/mol. The van der Waals surface area contributed by atoms with Crippen molar-refractivity contribution in [2.75, 3.05) is 11.6 Å². The van der Waals surface area contributed by atoms with E-state index in [9.17, 15) is 4.79 Å². The van der Waals surface area contributed by atoms with Gasteiger partial charge in [0.15, 0.2) is 5.82 Å². The molecular formula is C23H21N7OS. The van der Waals surface area contributed by atoms with Crippen LogP contribution in [0, 0.1) is 0 Å². The van der Waals surface area contributed by atoms with Crippen LogP contribution in [0.4, 0.5) is 17.3 Å². The smallest absolute Gasteiger partial charge is 0.327 e. The van der Waals surface area contributed by atoms with Crippen molar-refractivity contribution in [1.82, 2.24) is 19.1 Å². The Labute approximate surface area is 188 Å². The minimum absolute atomic E-state index is 0.211. The topological polar surface area (TPSA) is 92.4 Å². The van der Waals surface area contributed by atoms with E-state index in [-0.39, 0.29) is 5.69 Å². The Morgan fingerprint density at radius 1 is 1.06 bits per heavy atom. The third-order valence-electron chi connectivity index (χ3n) is 5.39. The van der Waals surface area contributed by atoms with Gasteiger partial charge in [0.25, 0.3) is 0 Å². The molecule has 0 radical (unpaired) electrons. The number of imidazole rings is 2. The molecule has 8 nitrogen and oxygen atoms in total. The molecule has 0 unspecified atom stereocenters. The van der Waals surface area contributed by atoms with Crippen LogP contribution in [-0.4, -0.2) is 38.4 Å². The fourth-order valence-corrected chi connectivity index (χ4v) is 4.13. The highest BCUT2D eigenvalue weighted by Crippen LogP contribution is 2.34. The van der Waals surface area contributed by atoms with E-state index in [0.717, 1.165) is 16.8 Å². The van der Waals surface area contributed by atoms with Gasteiger partial charge < -0.3 is 14.9 Å². The first-order valence-corrected chi connectivity index (χ1v) is 11.2.